The highest BCUT2D eigenvalue weighted by Gasteiger charge is 2.45. The van der Waals surface area contributed by atoms with Crippen LogP contribution in [-0.2, 0) is 14.0 Å². The van der Waals surface area contributed by atoms with Gasteiger partial charge in [-0.2, -0.15) is 0 Å². The van der Waals surface area contributed by atoms with Gasteiger partial charge in [-0.3, -0.25) is 9.59 Å². The lowest BCUT2D eigenvalue weighted by atomic mass is 9.84. The first kappa shape index (κ1) is 16.0. The monoisotopic (exact) mass is 253 g/mol. The van der Waals surface area contributed by atoms with E-state index in [2.05, 4.69) is 13.2 Å². The smallest absolute Gasteiger partial charge is 0.207 e. The van der Waals surface area contributed by atoms with Crippen LogP contribution in [0.1, 0.15) is 27.2 Å². The molecule has 0 aliphatic carbocycles. The summed E-state index contributed by atoms with van der Waals surface area (Å²) in [5, 5.41) is 0. The number of hydrogen-bond acceptors (Lipinski definition) is 3. The quantitative estimate of drug-likeness (QED) is 0.398. The molecule has 3 nitrogen and oxygen atoms in total. The highest BCUT2D eigenvalue weighted by atomic mass is 28.3. The molecule has 0 amide bonds. The Labute approximate surface area is 105 Å². The van der Waals surface area contributed by atoms with Crippen LogP contribution in [0.5, 0.6) is 0 Å². The van der Waals surface area contributed by atoms with Crippen LogP contribution in [0.25, 0.3) is 0 Å². The first-order valence-electron chi connectivity index (χ1n) is 5.58. The van der Waals surface area contributed by atoms with Crippen LogP contribution < -0.4 is 0 Å². The Morgan fingerprint density at radius 1 is 1.12 bits per heavy atom. The van der Waals surface area contributed by atoms with Crippen LogP contribution in [-0.4, -0.2) is 26.2 Å². The van der Waals surface area contributed by atoms with Gasteiger partial charge in [0.15, 0.2) is 17.2 Å². The summed E-state index contributed by atoms with van der Waals surface area (Å²) >= 11 is 0. The molecule has 0 saturated carbocycles. The van der Waals surface area contributed by atoms with E-state index in [0.29, 0.717) is 17.6 Å². The number of carbonyl (C=O) groups excluding carboxylic acids is 2. The molecule has 0 rings (SSSR count). The van der Waals surface area contributed by atoms with E-state index in [1.54, 1.807) is 20.8 Å². The summed E-state index contributed by atoms with van der Waals surface area (Å²) in [4.78, 5) is 24.4. The molecule has 0 spiro atoms. The van der Waals surface area contributed by atoms with Crippen LogP contribution in [0, 0.1) is 0 Å². The number of rotatable bonds is 7. The summed E-state index contributed by atoms with van der Waals surface area (Å²) < 4.78 is 5.71. The third kappa shape index (κ3) is 3.48. The molecule has 0 N–H and O–H groups in total. The van der Waals surface area contributed by atoms with E-state index in [9.17, 15) is 9.59 Å². The Morgan fingerprint density at radius 2 is 1.47 bits per heavy atom. The fourth-order valence-corrected chi connectivity index (χ4v) is 2.65. The SMILES string of the molecule is C=C(C)C(=O)C(CC)(O[Si](C)C)C(=O)C(=C)C. The fraction of sp³-hybridized carbons (Fsp3) is 0.538. The second kappa shape index (κ2) is 6.07. The number of ketones is 2. The predicted octanol–water partition coefficient (Wildman–Crippen LogP) is 2.69. The minimum absolute atomic E-state index is 0.306. The molecule has 0 saturated heterocycles. The largest absolute Gasteiger partial charge is 0.398 e. The molecule has 0 atom stereocenters. The van der Waals surface area contributed by atoms with Crippen molar-refractivity contribution in [2.24, 2.45) is 0 Å². The van der Waals surface area contributed by atoms with E-state index in [-0.39, 0.29) is 11.6 Å². The molecule has 0 bridgehead atoms. The minimum atomic E-state index is -1.41. The van der Waals surface area contributed by atoms with Gasteiger partial charge in [-0.25, -0.2) is 0 Å². The maximum atomic E-state index is 12.2. The predicted molar refractivity (Wildman–Crippen MR) is 71.2 cm³/mol. The van der Waals surface area contributed by atoms with Crippen molar-refractivity contribution in [3.05, 3.63) is 24.3 Å². The Balaban J connectivity index is 5.60. The van der Waals surface area contributed by atoms with Gasteiger partial charge in [-0.05, 0) is 44.5 Å². The molecule has 0 fully saturated rings. The molecule has 4 heteroatoms. The molecular weight excluding hydrogens is 232 g/mol. The van der Waals surface area contributed by atoms with Gasteiger partial charge in [-0.15, -0.1) is 0 Å². The maximum Gasteiger partial charge on any atom is 0.207 e. The second-order valence-electron chi connectivity index (χ2n) is 4.41. The third-order valence-electron chi connectivity index (χ3n) is 2.39. The zero-order valence-electron chi connectivity index (χ0n) is 11.3. The van der Waals surface area contributed by atoms with Crippen molar-refractivity contribution in [2.75, 3.05) is 0 Å². The van der Waals surface area contributed by atoms with Crippen molar-refractivity contribution in [3.8, 4) is 0 Å². The highest BCUT2D eigenvalue weighted by Crippen LogP contribution is 2.26. The molecule has 0 aromatic rings. The third-order valence-corrected chi connectivity index (χ3v) is 3.14. The molecule has 1 radical (unpaired) electrons. The summed E-state index contributed by atoms with van der Waals surface area (Å²) in [7, 11) is -1.18. The minimum Gasteiger partial charge on any atom is -0.398 e. The van der Waals surface area contributed by atoms with Gasteiger partial charge in [-0.1, -0.05) is 20.1 Å². The van der Waals surface area contributed by atoms with Gasteiger partial charge in [0.1, 0.15) is 0 Å². The van der Waals surface area contributed by atoms with Gasteiger partial charge in [0.25, 0.3) is 0 Å². The van der Waals surface area contributed by atoms with Crippen molar-refractivity contribution >= 4 is 20.6 Å². The van der Waals surface area contributed by atoms with Crippen molar-refractivity contribution < 1.29 is 14.0 Å². The van der Waals surface area contributed by atoms with Crippen LogP contribution >= 0.6 is 0 Å². The average Bonchev–Trinajstić information content (AvgIpc) is 2.23. The van der Waals surface area contributed by atoms with Gasteiger partial charge in [0.05, 0.1) is 0 Å². The van der Waals surface area contributed by atoms with E-state index >= 15 is 0 Å². The lowest BCUT2D eigenvalue weighted by molar-refractivity contribution is -0.143. The van der Waals surface area contributed by atoms with Crippen LogP contribution in [0.2, 0.25) is 13.1 Å². The standard InChI is InChI=1S/C13H21O3Si/c1-8-13(16-17(6)7,11(14)9(2)3)12(15)10(4)5/h2,4,8H2,1,3,5-7H3. The second-order valence-corrected chi connectivity index (χ2v) is 6.43. The molecule has 0 heterocycles. The molecule has 0 aromatic carbocycles. The Kier molecular flexibility index (Phi) is 5.71. The molecule has 0 aliphatic heterocycles. The van der Waals surface area contributed by atoms with E-state index in [4.69, 9.17) is 4.43 Å². The van der Waals surface area contributed by atoms with Crippen LogP contribution in [0.4, 0.5) is 0 Å². The molecule has 0 aliphatic rings. The van der Waals surface area contributed by atoms with Gasteiger partial charge in [0, 0.05) is 0 Å². The van der Waals surface area contributed by atoms with E-state index < -0.39 is 14.6 Å². The maximum absolute atomic E-state index is 12.2. The molecule has 0 aromatic heterocycles. The molecule has 95 valence electrons. The van der Waals surface area contributed by atoms with Crippen LogP contribution in [0.3, 0.4) is 0 Å². The van der Waals surface area contributed by atoms with Crippen LogP contribution in [0.15, 0.2) is 24.3 Å². The van der Waals surface area contributed by atoms with Gasteiger partial charge >= 0.3 is 0 Å². The lowest BCUT2D eigenvalue weighted by Crippen LogP contribution is -2.51. The molecular formula is C13H21O3Si. The Morgan fingerprint density at radius 3 is 1.65 bits per heavy atom. The zero-order valence-corrected chi connectivity index (χ0v) is 12.3. The summed E-state index contributed by atoms with van der Waals surface area (Å²) in [6.07, 6.45) is 0.306. The van der Waals surface area contributed by atoms with Crippen molar-refractivity contribution in [1.29, 1.82) is 0 Å². The zero-order chi connectivity index (χ0) is 13.8. The van der Waals surface area contributed by atoms with E-state index in [1.807, 2.05) is 13.1 Å². The van der Waals surface area contributed by atoms with Gasteiger partial charge < -0.3 is 4.43 Å². The normalized spacial score (nSPS) is 11.4. The number of hydrogen-bond donors (Lipinski definition) is 0. The number of Topliss-reactive ketones (excluding diaryl/α,β-unsaturated/α-hetero) is 2. The van der Waals surface area contributed by atoms with E-state index in [0.717, 1.165) is 0 Å². The summed E-state index contributed by atoms with van der Waals surface area (Å²) in [6.45, 7) is 16.0. The van der Waals surface area contributed by atoms with Crippen molar-refractivity contribution in [2.45, 2.75) is 45.9 Å². The first-order valence-corrected chi connectivity index (χ1v) is 7.99. The topological polar surface area (TPSA) is 43.4 Å². The summed E-state index contributed by atoms with van der Waals surface area (Å²) in [5.74, 6) is -0.668. The number of carbonyl (C=O) groups is 2. The summed E-state index contributed by atoms with van der Waals surface area (Å²) in [5.41, 5.74) is -0.732. The Bertz CT molecular complexity index is 330. The lowest BCUT2D eigenvalue weighted by Gasteiger charge is -2.32. The molecule has 0 unspecified atom stereocenters. The average molecular weight is 253 g/mol. The fourth-order valence-electron chi connectivity index (χ4n) is 1.63. The summed E-state index contributed by atoms with van der Waals surface area (Å²) in [6, 6.07) is 0. The van der Waals surface area contributed by atoms with Gasteiger partial charge in [0.2, 0.25) is 9.04 Å². The molecule has 17 heavy (non-hydrogen) atoms. The van der Waals surface area contributed by atoms with E-state index in [1.165, 1.54) is 0 Å². The first-order chi connectivity index (χ1) is 7.69. The highest BCUT2D eigenvalue weighted by molar-refractivity contribution is 6.49. The Hall–Kier alpha value is -1.00. The van der Waals surface area contributed by atoms with Crippen molar-refractivity contribution in [3.63, 3.8) is 0 Å². The van der Waals surface area contributed by atoms with Crippen molar-refractivity contribution in [1.82, 2.24) is 0 Å².